The van der Waals surface area contributed by atoms with E-state index in [-0.39, 0.29) is 6.04 Å². The molecule has 1 atom stereocenters. The molecule has 0 amide bonds. The highest BCUT2D eigenvalue weighted by Crippen LogP contribution is 2.18. The van der Waals surface area contributed by atoms with Crippen LogP contribution in [0.5, 0.6) is 0 Å². The largest absolute Gasteiger partial charge is 0.375 e. The quantitative estimate of drug-likeness (QED) is 0.831. The number of aryl methyl sites for hydroxylation is 1. The van der Waals surface area contributed by atoms with E-state index in [9.17, 15) is 0 Å². The second-order valence-electron chi connectivity index (χ2n) is 3.78. The van der Waals surface area contributed by atoms with Crippen molar-refractivity contribution in [2.75, 3.05) is 5.32 Å². The molecular formula is C11H12N6. The van der Waals surface area contributed by atoms with Crippen molar-refractivity contribution in [3.05, 3.63) is 35.2 Å². The maximum atomic E-state index is 8.84. The highest BCUT2D eigenvalue weighted by Gasteiger charge is 2.10. The minimum atomic E-state index is -0.0407. The highest BCUT2D eigenvalue weighted by atomic mass is 15.5. The monoisotopic (exact) mass is 228 g/mol. The van der Waals surface area contributed by atoms with Crippen LogP contribution >= 0.6 is 0 Å². The summed E-state index contributed by atoms with van der Waals surface area (Å²) >= 11 is 0. The van der Waals surface area contributed by atoms with Crippen LogP contribution in [0.1, 0.15) is 29.9 Å². The summed E-state index contributed by atoms with van der Waals surface area (Å²) in [5.74, 6) is 0.604. The molecule has 1 aromatic carbocycles. The molecule has 0 bridgehead atoms. The number of hydrogen-bond donors (Lipinski definition) is 2. The zero-order valence-electron chi connectivity index (χ0n) is 9.60. The average Bonchev–Trinajstić information content (AvgIpc) is 2.82. The van der Waals surface area contributed by atoms with Gasteiger partial charge in [-0.05, 0) is 37.6 Å². The van der Waals surface area contributed by atoms with Crippen LogP contribution in [-0.4, -0.2) is 20.6 Å². The van der Waals surface area contributed by atoms with Crippen molar-refractivity contribution in [2.45, 2.75) is 19.9 Å². The van der Waals surface area contributed by atoms with E-state index < -0.39 is 0 Å². The summed E-state index contributed by atoms with van der Waals surface area (Å²) in [6.45, 7) is 3.85. The van der Waals surface area contributed by atoms with Crippen LogP contribution in [0.15, 0.2) is 18.2 Å². The van der Waals surface area contributed by atoms with E-state index in [1.165, 1.54) is 0 Å². The smallest absolute Gasteiger partial charge is 0.196 e. The van der Waals surface area contributed by atoms with Gasteiger partial charge in [-0.25, -0.2) is 0 Å². The molecule has 0 fully saturated rings. The Morgan fingerprint density at radius 1 is 1.47 bits per heavy atom. The molecule has 2 rings (SSSR count). The Kier molecular flexibility index (Phi) is 3.01. The number of anilines is 1. The maximum absolute atomic E-state index is 8.84. The first kappa shape index (κ1) is 11.1. The zero-order chi connectivity index (χ0) is 12.3. The molecule has 6 nitrogen and oxygen atoms in total. The van der Waals surface area contributed by atoms with Crippen LogP contribution in [0.3, 0.4) is 0 Å². The third-order valence-corrected chi connectivity index (χ3v) is 2.48. The molecule has 1 heterocycles. The summed E-state index contributed by atoms with van der Waals surface area (Å²) in [5.41, 5.74) is 2.55. The normalized spacial score (nSPS) is 11.8. The Balaban J connectivity index is 2.15. The third kappa shape index (κ3) is 2.39. The predicted octanol–water partition coefficient (Wildman–Crippen LogP) is 1.55. The lowest BCUT2D eigenvalue weighted by Gasteiger charge is -2.12. The molecule has 1 unspecified atom stereocenters. The van der Waals surface area contributed by atoms with Gasteiger partial charge in [-0.15, -0.1) is 10.2 Å². The van der Waals surface area contributed by atoms with Crippen LogP contribution < -0.4 is 5.32 Å². The summed E-state index contributed by atoms with van der Waals surface area (Å²) in [5, 5.41) is 25.8. The van der Waals surface area contributed by atoms with Gasteiger partial charge < -0.3 is 5.32 Å². The van der Waals surface area contributed by atoms with Gasteiger partial charge in [0.1, 0.15) is 0 Å². The number of aromatic amines is 1. The second-order valence-corrected chi connectivity index (χ2v) is 3.78. The van der Waals surface area contributed by atoms with Crippen LogP contribution in [0.4, 0.5) is 5.69 Å². The van der Waals surface area contributed by atoms with Crippen molar-refractivity contribution in [3.8, 4) is 6.07 Å². The third-order valence-electron chi connectivity index (χ3n) is 2.48. The van der Waals surface area contributed by atoms with Crippen molar-refractivity contribution >= 4 is 5.69 Å². The van der Waals surface area contributed by atoms with E-state index in [0.717, 1.165) is 11.3 Å². The van der Waals surface area contributed by atoms with Gasteiger partial charge in [0.2, 0.25) is 0 Å². The predicted molar refractivity (Wildman–Crippen MR) is 62.1 cm³/mol. The zero-order valence-corrected chi connectivity index (χ0v) is 9.60. The molecule has 0 saturated carbocycles. The molecule has 86 valence electrons. The molecule has 0 aliphatic carbocycles. The van der Waals surface area contributed by atoms with Crippen LogP contribution in [0, 0.1) is 18.3 Å². The number of hydrogen-bond acceptors (Lipinski definition) is 5. The lowest BCUT2D eigenvalue weighted by Crippen LogP contribution is -2.08. The Morgan fingerprint density at radius 2 is 2.29 bits per heavy atom. The van der Waals surface area contributed by atoms with Gasteiger partial charge >= 0.3 is 0 Å². The maximum Gasteiger partial charge on any atom is 0.196 e. The summed E-state index contributed by atoms with van der Waals surface area (Å²) in [7, 11) is 0. The van der Waals surface area contributed by atoms with Crippen molar-refractivity contribution in [3.63, 3.8) is 0 Å². The SMILES string of the molecule is Cc1cc(NC(C)c2nn[nH]n2)ccc1C#N. The van der Waals surface area contributed by atoms with Crippen LogP contribution in [0.25, 0.3) is 0 Å². The first-order chi connectivity index (χ1) is 8.20. The molecule has 17 heavy (non-hydrogen) atoms. The van der Waals surface area contributed by atoms with Gasteiger partial charge in [0.15, 0.2) is 5.82 Å². The van der Waals surface area contributed by atoms with Crippen LogP contribution in [-0.2, 0) is 0 Å². The van der Waals surface area contributed by atoms with E-state index in [2.05, 4.69) is 32.0 Å². The fraction of sp³-hybridized carbons (Fsp3) is 0.273. The molecule has 0 spiro atoms. The highest BCUT2D eigenvalue weighted by molar-refractivity contribution is 5.52. The Morgan fingerprint density at radius 3 is 2.88 bits per heavy atom. The van der Waals surface area contributed by atoms with E-state index in [4.69, 9.17) is 5.26 Å². The number of nitriles is 1. The van der Waals surface area contributed by atoms with E-state index in [1.807, 2.05) is 26.0 Å². The Bertz CT molecular complexity index is 540. The lowest BCUT2D eigenvalue weighted by atomic mass is 10.1. The van der Waals surface area contributed by atoms with Crippen LogP contribution in [0.2, 0.25) is 0 Å². The molecule has 0 aliphatic rings. The van der Waals surface area contributed by atoms with Crippen molar-refractivity contribution < 1.29 is 0 Å². The van der Waals surface area contributed by atoms with E-state index in [1.54, 1.807) is 6.07 Å². The van der Waals surface area contributed by atoms with Crippen molar-refractivity contribution in [1.29, 1.82) is 5.26 Å². The molecular weight excluding hydrogens is 216 g/mol. The number of nitrogens with one attached hydrogen (secondary N) is 2. The molecule has 6 heteroatoms. The van der Waals surface area contributed by atoms with Gasteiger partial charge in [0, 0.05) is 5.69 Å². The number of rotatable bonds is 3. The molecule has 0 radical (unpaired) electrons. The van der Waals surface area contributed by atoms with Crippen molar-refractivity contribution in [1.82, 2.24) is 20.6 Å². The van der Waals surface area contributed by atoms with Gasteiger partial charge in [-0.3, -0.25) is 0 Å². The first-order valence-corrected chi connectivity index (χ1v) is 5.21. The number of aromatic nitrogens is 4. The fourth-order valence-electron chi connectivity index (χ4n) is 1.55. The fourth-order valence-corrected chi connectivity index (χ4v) is 1.55. The minimum Gasteiger partial charge on any atom is -0.375 e. The first-order valence-electron chi connectivity index (χ1n) is 5.21. The molecule has 2 aromatic rings. The summed E-state index contributed by atoms with van der Waals surface area (Å²) in [6.07, 6.45) is 0. The van der Waals surface area contributed by atoms with Crippen molar-refractivity contribution in [2.24, 2.45) is 0 Å². The van der Waals surface area contributed by atoms with Gasteiger partial charge in [0.05, 0.1) is 17.7 Å². The molecule has 0 aliphatic heterocycles. The Labute approximate surface area is 98.7 Å². The number of tetrazole rings is 1. The minimum absolute atomic E-state index is 0.0407. The van der Waals surface area contributed by atoms with Gasteiger partial charge in [-0.2, -0.15) is 10.5 Å². The average molecular weight is 228 g/mol. The Hall–Kier alpha value is -2.42. The molecule has 0 saturated heterocycles. The van der Waals surface area contributed by atoms with E-state index >= 15 is 0 Å². The number of benzene rings is 1. The number of nitrogens with zero attached hydrogens (tertiary/aromatic N) is 4. The lowest BCUT2D eigenvalue weighted by molar-refractivity contribution is 0.793. The summed E-state index contributed by atoms with van der Waals surface area (Å²) in [6, 6.07) is 7.68. The van der Waals surface area contributed by atoms with E-state index in [0.29, 0.717) is 11.4 Å². The van der Waals surface area contributed by atoms with Gasteiger partial charge in [-0.1, -0.05) is 5.21 Å². The number of H-pyrrole nitrogens is 1. The topological polar surface area (TPSA) is 90.3 Å². The summed E-state index contributed by atoms with van der Waals surface area (Å²) in [4.78, 5) is 0. The molecule has 1 aromatic heterocycles. The molecule has 2 N–H and O–H groups in total. The standard InChI is InChI=1S/C11H12N6/c1-7-5-10(4-3-9(7)6-12)13-8(2)11-14-16-17-15-11/h3-5,8,13H,1-2H3,(H,14,15,16,17). The van der Waals surface area contributed by atoms with Gasteiger partial charge in [0.25, 0.3) is 0 Å². The second kappa shape index (κ2) is 4.61. The summed E-state index contributed by atoms with van der Waals surface area (Å²) < 4.78 is 0.